The second-order valence-corrected chi connectivity index (χ2v) is 7.31. The van der Waals surface area contributed by atoms with Gasteiger partial charge in [-0.15, -0.1) is 0 Å². The van der Waals surface area contributed by atoms with Crippen LogP contribution in [0.4, 0.5) is 0 Å². The molecule has 3 heterocycles. The van der Waals surface area contributed by atoms with Crippen LogP contribution in [0.2, 0.25) is 0 Å². The van der Waals surface area contributed by atoms with Crippen LogP contribution in [0.25, 0.3) is 11.3 Å². The van der Waals surface area contributed by atoms with Crippen molar-refractivity contribution in [2.45, 2.75) is 25.8 Å². The van der Waals surface area contributed by atoms with Gasteiger partial charge in [-0.3, -0.25) is 9.48 Å². The first-order chi connectivity index (χ1) is 15.1. The lowest BCUT2D eigenvalue weighted by atomic mass is 10.0. The third kappa shape index (κ3) is 4.33. The van der Waals surface area contributed by atoms with Gasteiger partial charge >= 0.3 is 5.97 Å². The van der Waals surface area contributed by atoms with E-state index in [1.165, 1.54) is 6.26 Å². The molecule has 0 atom stereocenters. The van der Waals surface area contributed by atoms with E-state index in [-0.39, 0.29) is 24.2 Å². The number of methoxy groups -OCH3 is 1. The predicted molar refractivity (Wildman–Crippen MR) is 113 cm³/mol. The fourth-order valence-electron chi connectivity index (χ4n) is 3.82. The van der Waals surface area contributed by atoms with E-state index in [2.05, 4.69) is 5.10 Å². The van der Waals surface area contributed by atoms with Gasteiger partial charge in [-0.25, -0.2) is 4.79 Å². The summed E-state index contributed by atoms with van der Waals surface area (Å²) in [7, 11) is 1.62. The van der Waals surface area contributed by atoms with Crippen molar-refractivity contribution in [1.82, 2.24) is 14.7 Å². The maximum atomic E-state index is 12.6. The zero-order chi connectivity index (χ0) is 21.8. The molecular weight excluding hydrogens is 398 g/mol. The van der Waals surface area contributed by atoms with Crippen LogP contribution >= 0.6 is 0 Å². The molecule has 0 spiro atoms. The summed E-state index contributed by atoms with van der Waals surface area (Å²) in [6.45, 7) is 3.23. The van der Waals surface area contributed by atoms with E-state index >= 15 is 0 Å². The van der Waals surface area contributed by atoms with Crippen LogP contribution in [0.1, 0.15) is 46.9 Å². The zero-order valence-corrected chi connectivity index (χ0v) is 17.6. The number of hydrogen-bond donors (Lipinski definition) is 0. The molecule has 1 aromatic carbocycles. The minimum Gasteiger partial charge on any atom is -0.497 e. The van der Waals surface area contributed by atoms with Gasteiger partial charge in [-0.2, -0.15) is 5.10 Å². The Morgan fingerprint density at radius 3 is 2.52 bits per heavy atom. The summed E-state index contributed by atoms with van der Waals surface area (Å²) in [4.78, 5) is 26.7. The molecule has 0 saturated carbocycles. The maximum Gasteiger partial charge on any atom is 0.358 e. The minimum atomic E-state index is -0.443. The fourth-order valence-corrected chi connectivity index (χ4v) is 3.82. The highest BCUT2D eigenvalue weighted by molar-refractivity contribution is 5.91. The summed E-state index contributed by atoms with van der Waals surface area (Å²) >= 11 is 0. The lowest BCUT2D eigenvalue weighted by Gasteiger charge is -2.32. The Balaban J connectivity index is 1.57. The van der Waals surface area contributed by atoms with Crippen LogP contribution in [-0.4, -0.2) is 53.4 Å². The van der Waals surface area contributed by atoms with E-state index in [1.54, 1.807) is 37.1 Å². The summed E-state index contributed by atoms with van der Waals surface area (Å²) in [6.07, 6.45) is 2.95. The van der Waals surface area contributed by atoms with Crippen LogP contribution in [-0.2, 0) is 4.74 Å². The number of esters is 1. The Morgan fingerprint density at radius 1 is 1.16 bits per heavy atom. The largest absolute Gasteiger partial charge is 0.497 e. The lowest BCUT2D eigenvalue weighted by Crippen LogP contribution is -2.39. The highest BCUT2D eigenvalue weighted by Crippen LogP contribution is 2.31. The van der Waals surface area contributed by atoms with Gasteiger partial charge in [0.25, 0.3) is 5.91 Å². The second kappa shape index (κ2) is 9.07. The molecule has 3 aromatic rings. The van der Waals surface area contributed by atoms with Crippen LogP contribution in [0, 0.1) is 0 Å². The van der Waals surface area contributed by atoms with E-state index in [4.69, 9.17) is 13.9 Å². The highest BCUT2D eigenvalue weighted by Gasteiger charge is 2.29. The van der Waals surface area contributed by atoms with Crippen molar-refractivity contribution in [2.75, 3.05) is 26.8 Å². The molecule has 31 heavy (non-hydrogen) atoms. The number of nitrogens with zero attached hydrogens (tertiary/aromatic N) is 3. The number of benzene rings is 1. The molecule has 0 N–H and O–H groups in total. The van der Waals surface area contributed by atoms with Crippen molar-refractivity contribution in [3.63, 3.8) is 0 Å². The van der Waals surface area contributed by atoms with E-state index in [0.29, 0.717) is 18.8 Å². The number of hydrogen-bond acceptors (Lipinski definition) is 6. The molecule has 4 rings (SSSR count). The first kappa shape index (κ1) is 20.7. The van der Waals surface area contributed by atoms with Gasteiger partial charge in [0, 0.05) is 18.7 Å². The Kier molecular flexibility index (Phi) is 6.06. The predicted octanol–water partition coefficient (Wildman–Crippen LogP) is 3.81. The number of rotatable bonds is 6. The number of aromatic nitrogens is 2. The zero-order valence-electron chi connectivity index (χ0n) is 17.6. The molecule has 1 saturated heterocycles. The molecule has 0 aliphatic carbocycles. The van der Waals surface area contributed by atoms with Crippen LogP contribution in [0.15, 0.2) is 53.1 Å². The highest BCUT2D eigenvalue weighted by atomic mass is 16.5. The average molecular weight is 423 g/mol. The first-order valence-corrected chi connectivity index (χ1v) is 10.3. The van der Waals surface area contributed by atoms with Crippen molar-refractivity contribution in [2.24, 2.45) is 0 Å². The van der Waals surface area contributed by atoms with E-state index in [9.17, 15) is 9.59 Å². The third-order valence-corrected chi connectivity index (χ3v) is 5.44. The summed E-state index contributed by atoms with van der Waals surface area (Å²) in [5.41, 5.74) is 2.04. The van der Waals surface area contributed by atoms with E-state index < -0.39 is 5.97 Å². The van der Waals surface area contributed by atoms with Crippen LogP contribution < -0.4 is 4.74 Å². The molecule has 2 aromatic heterocycles. The molecule has 8 nitrogen and oxygen atoms in total. The van der Waals surface area contributed by atoms with Gasteiger partial charge in [0.2, 0.25) is 0 Å². The number of likely N-dealkylation sites (tertiary alicyclic amines) is 1. The number of amides is 1. The molecule has 0 radical (unpaired) electrons. The maximum absolute atomic E-state index is 12.6. The number of carbonyl (C=O) groups is 2. The van der Waals surface area contributed by atoms with Gasteiger partial charge in [0.15, 0.2) is 11.5 Å². The van der Waals surface area contributed by atoms with E-state index in [1.807, 2.05) is 28.9 Å². The SMILES string of the molecule is CCOC(=O)c1cc(-c2ccc(OC)cc2)n(C2CCN(C(=O)c3ccco3)CC2)n1. The molecule has 1 aliphatic heterocycles. The van der Waals surface area contributed by atoms with Gasteiger partial charge in [-0.1, -0.05) is 0 Å². The van der Waals surface area contributed by atoms with Gasteiger partial charge in [0.05, 0.1) is 31.7 Å². The first-order valence-electron chi connectivity index (χ1n) is 10.3. The normalized spacial score (nSPS) is 14.5. The standard InChI is InChI=1S/C23H25N3O5/c1-3-30-23(28)19-15-20(16-6-8-18(29-2)9-7-16)26(24-19)17-10-12-25(13-11-17)22(27)21-5-4-14-31-21/h4-9,14-15,17H,3,10-13H2,1-2H3. The van der Waals surface area contributed by atoms with Gasteiger partial charge in [0.1, 0.15) is 5.75 Å². The van der Waals surface area contributed by atoms with Crippen molar-refractivity contribution in [3.8, 4) is 17.0 Å². The molecule has 1 fully saturated rings. The fraction of sp³-hybridized carbons (Fsp3) is 0.348. The van der Waals surface area contributed by atoms with Crippen molar-refractivity contribution in [1.29, 1.82) is 0 Å². The Hall–Kier alpha value is -3.55. The Labute approximate surface area is 180 Å². The molecule has 0 bridgehead atoms. The third-order valence-electron chi connectivity index (χ3n) is 5.44. The molecule has 0 unspecified atom stereocenters. The summed E-state index contributed by atoms with van der Waals surface area (Å²) in [5.74, 6) is 0.555. The molecular formula is C23H25N3O5. The van der Waals surface area contributed by atoms with E-state index in [0.717, 1.165) is 29.8 Å². The molecule has 1 amide bonds. The number of carbonyl (C=O) groups excluding carboxylic acids is 2. The smallest absolute Gasteiger partial charge is 0.358 e. The van der Waals surface area contributed by atoms with Gasteiger partial charge in [-0.05, 0) is 62.2 Å². The monoisotopic (exact) mass is 423 g/mol. The van der Waals surface area contributed by atoms with Crippen molar-refractivity contribution >= 4 is 11.9 Å². The quantitative estimate of drug-likeness (QED) is 0.561. The summed E-state index contributed by atoms with van der Waals surface area (Å²) in [5, 5.41) is 4.58. The molecule has 1 aliphatic rings. The second-order valence-electron chi connectivity index (χ2n) is 7.31. The minimum absolute atomic E-state index is 0.0564. The summed E-state index contributed by atoms with van der Waals surface area (Å²) < 4.78 is 17.5. The van der Waals surface area contributed by atoms with Crippen molar-refractivity contribution in [3.05, 3.63) is 60.2 Å². The summed E-state index contributed by atoms with van der Waals surface area (Å²) in [6, 6.07) is 12.8. The molecule has 162 valence electrons. The topological polar surface area (TPSA) is 86.8 Å². The Bertz CT molecular complexity index is 1030. The molecule has 8 heteroatoms. The average Bonchev–Trinajstić information content (AvgIpc) is 3.50. The number of piperidine rings is 1. The van der Waals surface area contributed by atoms with Crippen LogP contribution in [0.3, 0.4) is 0 Å². The number of furan rings is 1. The van der Waals surface area contributed by atoms with Gasteiger partial charge < -0.3 is 18.8 Å². The number of ether oxygens (including phenoxy) is 2. The Morgan fingerprint density at radius 2 is 1.90 bits per heavy atom. The lowest BCUT2D eigenvalue weighted by molar-refractivity contribution is 0.0517. The van der Waals surface area contributed by atoms with Crippen molar-refractivity contribution < 1.29 is 23.5 Å². The van der Waals surface area contributed by atoms with Crippen LogP contribution in [0.5, 0.6) is 5.75 Å².